The molecule has 2 aliphatic rings. The molecule has 1 fully saturated rings. The lowest BCUT2D eigenvalue weighted by molar-refractivity contribution is 0.581. The Hall–Kier alpha value is -1.24. The Morgan fingerprint density at radius 2 is 2.17 bits per heavy atom. The Bertz CT molecular complexity index is 561. The predicted molar refractivity (Wildman–Crippen MR) is 101 cm³/mol. The quantitative estimate of drug-likeness (QED) is 0.628. The monoisotopic (exact) mass is 350 g/mol. The van der Waals surface area contributed by atoms with E-state index in [4.69, 9.17) is 0 Å². The van der Waals surface area contributed by atoms with Crippen LogP contribution in [0.25, 0.3) is 0 Å². The van der Waals surface area contributed by atoms with Gasteiger partial charge in [-0.1, -0.05) is 6.42 Å². The highest BCUT2D eigenvalue weighted by Gasteiger charge is 2.29. The first-order valence-electron chi connectivity index (χ1n) is 9.20. The second kappa shape index (κ2) is 8.23. The van der Waals surface area contributed by atoms with Gasteiger partial charge in [0.2, 0.25) is 0 Å². The van der Waals surface area contributed by atoms with E-state index in [0.29, 0.717) is 4.75 Å². The van der Waals surface area contributed by atoms with Gasteiger partial charge in [0.25, 0.3) is 0 Å². The molecule has 0 bridgehead atoms. The number of thioether (sulfide) groups is 1. The first-order valence-corrected chi connectivity index (χ1v) is 10.2. The molecule has 0 saturated carbocycles. The van der Waals surface area contributed by atoms with Crippen molar-refractivity contribution >= 4 is 17.7 Å². The summed E-state index contributed by atoms with van der Waals surface area (Å²) in [5.41, 5.74) is 0. The summed E-state index contributed by atoms with van der Waals surface area (Å²) in [5.74, 6) is 4.44. The van der Waals surface area contributed by atoms with Gasteiger partial charge in [-0.25, -0.2) is 0 Å². The van der Waals surface area contributed by atoms with E-state index in [9.17, 15) is 0 Å². The SMILES string of the molecule is CN=C(NCCc1nnc2n1CCCCC2)NCC1(C)CCCS1. The van der Waals surface area contributed by atoms with Crippen molar-refractivity contribution in [2.75, 3.05) is 25.9 Å². The van der Waals surface area contributed by atoms with Crippen molar-refractivity contribution in [1.82, 2.24) is 25.4 Å². The molecule has 1 unspecified atom stereocenters. The summed E-state index contributed by atoms with van der Waals surface area (Å²) >= 11 is 2.07. The normalized spacial score (nSPS) is 24.5. The Morgan fingerprint density at radius 3 is 2.96 bits per heavy atom. The standard InChI is InChI=1S/C17H30N6S/c1-17(9-6-12-24-17)13-20-16(18-2)19-10-8-15-22-21-14-7-4-3-5-11-23(14)15/h3-13H2,1-2H3,(H2,18,19,20). The van der Waals surface area contributed by atoms with Crippen molar-refractivity contribution in [2.45, 2.75) is 63.2 Å². The lowest BCUT2D eigenvalue weighted by atomic mass is 10.1. The van der Waals surface area contributed by atoms with E-state index < -0.39 is 0 Å². The molecule has 1 aromatic rings. The number of hydrogen-bond donors (Lipinski definition) is 2. The lowest BCUT2D eigenvalue weighted by Gasteiger charge is -2.24. The summed E-state index contributed by atoms with van der Waals surface area (Å²) in [4.78, 5) is 4.34. The largest absolute Gasteiger partial charge is 0.356 e. The minimum Gasteiger partial charge on any atom is -0.356 e. The summed E-state index contributed by atoms with van der Waals surface area (Å²) in [6, 6.07) is 0. The zero-order chi connectivity index (χ0) is 16.8. The number of rotatable bonds is 5. The summed E-state index contributed by atoms with van der Waals surface area (Å²) < 4.78 is 2.67. The number of aryl methyl sites for hydroxylation is 1. The third-order valence-corrected chi connectivity index (χ3v) is 6.52. The number of nitrogens with zero attached hydrogens (tertiary/aromatic N) is 4. The van der Waals surface area contributed by atoms with E-state index in [-0.39, 0.29) is 0 Å². The second-order valence-corrected chi connectivity index (χ2v) is 8.68. The van der Waals surface area contributed by atoms with Gasteiger partial charge in [0.05, 0.1) is 0 Å². The van der Waals surface area contributed by atoms with Crippen LogP contribution >= 0.6 is 11.8 Å². The van der Waals surface area contributed by atoms with Gasteiger partial charge in [0, 0.05) is 44.3 Å². The number of hydrogen-bond acceptors (Lipinski definition) is 4. The number of aromatic nitrogens is 3. The third-order valence-electron chi connectivity index (χ3n) is 4.98. The van der Waals surface area contributed by atoms with E-state index in [1.54, 1.807) is 0 Å². The predicted octanol–water partition coefficient (Wildman–Crippen LogP) is 2.00. The molecule has 1 aromatic heterocycles. The Kier molecular flexibility index (Phi) is 6.03. The Labute approximate surface area is 149 Å². The van der Waals surface area contributed by atoms with Crippen LogP contribution in [-0.2, 0) is 19.4 Å². The molecule has 0 aliphatic carbocycles. The molecule has 2 aliphatic heterocycles. The van der Waals surface area contributed by atoms with Crippen LogP contribution in [0.2, 0.25) is 0 Å². The molecule has 0 spiro atoms. The molecule has 1 atom stereocenters. The molecular weight excluding hydrogens is 320 g/mol. The third kappa shape index (κ3) is 4.43. The number of fused-ring (bicyclic) bond motifs is 1. The zero-order valence-corrected chi connectivity index (χ0v) is 15.8. The molecule has 24 heavy (non-hydrogen) atoms. The minimum atomic E-state index is 0.349. The minimum absolute atomic E-state index is 0.349. The summed E-state index contributed by atoms with van der Waals surface area (Å²) in [6.45, 7) is 5.22. The summed E-state index contributed by atoms with van der Waals surface area (Å²) in [7, 11) is 1.84. The molecule has 0 amide bonds. The van der Waals surface area contributed by atoms with Crippen LogP contribution in [0.3, 0.4) is 0 Å². The first kappa shape index (κ1) is 17.6. The maximum atomic E-state index is 4.39. The highest BCUT2D eigenvalue weighted by atomic mass is 32.2. The molecule has 134 valence electrons. The van der Waals surface area contributed by atoms with Crippen molar-refractivity contribution in [2.24, 2.45) is 4.99 Å². The van der Waals surface area contributed by atoms with Crippen LogP contribution in [0, 0.1) is 0 Å². The van der Waals surface area contributed by atoms with Gasteiger partial charge >= 0.3 is 0 Å². The first-order chi connectivity index (χ1) is 11.7. The zero-order valence-electron chi connectivity index (χ0n) is 15.0. The number of nitrogens with one attached hydrogen (secondary N) is 2. The van der Waals surface area contributed by atoms with Crippen LogP contribution in [0.15, 0.2) is 4.99 Å². The number of guanidine groups is 1. The molecule has 3 heterocycles. The van der Waals surface area contributed by atoms with Crippen molar-refractivity contribution < 1.29 is 0 Å². The molecule has 3 rings (SSSR count). The fourth-order valence-corrected chi connectivity index (χ4v) is 4.73. The van der Waals surface area contributed by atoms with Crippen molar-refractivity contribution in [1.29, 1.82) is 0 Å². The molecule has 6 nitrogen and oxygen atoms in total. The maximum absolute atomic E-state index is 4.39. The molecule has 2 N–H and O–H groups in total. The molecule has 0 radical (unpaired) electrons. The van der Waals surface area contributed by atoms with Gasteiger partial charge in [-0.2, -0.15) is 11.8 Å². The van der Waals surface area contributed by atoms with E-state index in [0.717, 1.165) is 50.1 Å². The van der Waals surface area contributed by atoms with Crippen LogP contribution in [-0.4, -0.2) is 51.4 Å². The van der Waals surface area contributed by atoms with Crippen molar-refractivity contribution in [3.8, 4) is 0 Å². The Morgan fingerprint density at radius 1 is 1.25 bits per heavy atom. The van der Waals surface area contributed by atoms with E-state index in [2.05, 4.69) is 49.1 Å². The highest BCUT2D eigenvalue weighted by molar-refractivity contribution is 8.00. The van der Waals surface area contributed by atoms with E-state index in [1.807, 2.05) is 7.05 Å². The Balaban J connectivity index is 1.46. The summed E-state index contributed by atoms with van der Waals surface area (Å²) in [6.07, 6.45) is 8.35. The van der Waals surface area contributed by atoms with Gasteiger partial charge in [-0.05, 0) is 38.4 Å². The van der Waals surface area contributed by atoms with Crippen LogP contribution in [0.1, 0.15) is 50.7 Å². The van der Waals surface area contributed by atoms with Gasteiger partial charge in [0.15, 0.2) is 5.96 Å². The molecule has 7 heteroatoms. The van der Waals surface area contributed by atoms with Gasteiger partial charge < -0.3 is 15.2 Å². The van der Waals surface area contributed by atoms with Crippen LogP contribution in [0.4, 0.5) is 0 Å². The summed E-state index contributed by atoms with van der Waals surface area (Å²) in [5, 5.41) is 15.7. The van der Waals surface area contributed by atoms with Gasteiger partial charge in [-0.3, -0.25) is 4.99 Å². The molecular formula is C17H30N6S. The lowest BCUT2D eigenvalue weighted by Crippen LogP contribution is -2.44. The molecule has 1 saturated heterocycles. The fourth-order valence-electron chi connectivity index (χ4n) is 3.49. The average Bonchev–Trinajstić information content (AvgIpc) is 3.10. The molecule has 0 aromatic carbocycles. The average molecular weight is 351 g/mol. The van der Waals surface area contributed by atoms with Gasteiger partial charge in [0.1, 0.15) is 11.6 Å². The smallest absolute Gasteiger partial charge is 0.191 e. The van der Waals surface area contributed by atoms with Crippen molar-refractivity contribution in [3.63, 3.8) is 0 Å². The second-order valence-electron chi connectivity index (χ2n) is 7.00. The maximum Gasteiger partial charge on any atom is 0.191 e. The van der Waals surface area contributed by atoms with Crippen molar-refractivity contribution in [3.05, 3.63) is 11.6 Å². The van der Waals surface area contributed by atoms with Crippen LogP contribution < -0.4 is 10.6 Å². The fraction of sp³-hybridized carbons (Fsp3) is 0.824. The highest BCUT2D eigenvalue weighted by Crippen LogP contribution is 2.36. The van der Waals surface area contributed by atoms with Gasteiger partial charge in [-0.15, -0.1) is 10.2 Å². The van der Waals surface area contributed by atoms with E-state index >= 15 is 0 Å². The topological polar surface area (TPSA) is 67.1 Å². The van der Waals surface area contributed by atoms with Crippen LogP contribution in [0.5, 0.6) is 0 Å². The number of aliphatic imine (C=N–C) groups is 1. The van der Waals surface area contributed by atoms with E-state index in [1.165, 1.54) is 37.9 Å².